The number of anilines is 2. The first kappa shape index (κ1) is 17.9. The van der Waals surface area contributed by atoms with E-state index >= 15 is 0 Å². The highest BCUT2D eigenvalue weighted by Crippen LogP contribution is 2.21. The second kappa shape index (κ2) is 7.93. The van der Waals surface area contributed by atoms with E-state index in [0.717, 1.165) is 5.56 Å². The lowest BCUT2D eigenvalue weighted by Crippen LogP contribution is -2.23. The van der Waals surface area contributed by atoms with Gasteiger partial charge in [-0.1, -0.05) is 18.2 Å². The Hall–Kier alpha value is -3.40. The summed E-state index contributed by atoms with van der Waals surface area (Å²) in [5.41, 5.74) is 1.58. The fourth-order valence-corrected chi connectivity index (χ4v) is 2.34. The van der Waals surface area contributed by atoms with Gasteiger partial charge in [-0.3, -0.25) is 4.79 Å². The summed E-state index contributed by atoms with van der Waals surface area (Å²) in [5, 5.41) is 20.7. The molecule has 7 heteroatoms. The second-order valence-corrected chi connectivity index (χ2v) is 5.50. The fourth-order valence-electron chi connectivity index (χ4n) is 2.34. The summed E-state index contributed by atoms with van der Waals surface area (Å²) in [7, 11) is 1.66. The highest BCUT2D eigenvalue weighted by atomic mass is 16.4. The van der Waals surface area contributed by atoms with Crippen molar-refractivity contribution in [1.29, 1.82) is 5.26 Å². The molecule has 0 aliphatic carbocycles. The number of hydrogen-bond donors (Lipinski definition) is 2. The number of nitriles is 1. The lowest BCUT2D eigenvalue weighted by atomic mass is 10.1. The number of carbonyl (C=O) groups excluding carboxylic acids is 1. The molecule has 1 aromatic heterocycles. The fraction of sp³-hybridized carbons (Fsp3) is 0.222. The topological polar surface area (TPSA) is 106 Å². The van der Waals surface area contributed by atoms with Gasteiger partial charge < -0.3 is 15.3 Å². The second-order valence-electron chi connectivity index (χ2n) is 5.50. The minimum absolute atomic E-state index is 0.0389. The van der Waals surface area contributed by atoms with Crippen molar-refractivity contribution >= 4 is 23.4 Å². The Kier molecular flexibility index (Phi) is 5.69. The maximum atomic E-state index is 12.3. The number of aromatic carboxylic acids is 1. The van der Waals surface area contributed by atoms with Crippen LogP contribution in [0.1, 0.15) is 32.7 Å². The van der Waals surface area contributed by atoms with E-state index in [1.54, 1.807) is 24.1 Å². The number of carbonyl (C=O) groups is 2. The highest BCUT2D eigenvalue weighted by Gasteiger charge is 2.17. The van der Waals surface area contributed by atoms with Gasteiger partial charge in [0.25, 0.3) is 5.91 Å². The lowest BCUT2D eigenvalue weighted by Gasteiger charge is -2.19. The molecule has 7 nitrogen and oxygen atoms in total. The number of nitrogens with zero attached hydrogens (tertiary/aromatic N) is 3. The molecule has 1 heterocycles. The number of aryl methyl sites for hydroxylation is 1. The van der Waals surface area contributed by atoms with Crippen molar-refractivity contribution in [3.8, 4) is 6.07 Å². The number of hydrogen-bond acceptors (Lipinski definition) is 5. The molecule has 0 aliphatic rings. The molecule has 1 amide bonds. The van der Waals surface area contributed by atoms with Crippen LogP contribution in [0.5, 0.6) is 0 Å². The van der Waals surface area contributed by atoms with Crippen LogP contribution in [0.25, 0.3) is 0 Å². The van der Waals surface area contributed by atoms with Crippen LogP contribution in [0.4, 0.5) is 11.5 Å². The third kappa shape index (κ3) is 4.32. The van der Waals surface area contributed by atoms with Crippen LogP contribution >= 0.6 is 0 Å². The van der Waals surface area contributed by atoms with E-state index in [9.17, 15) is 14.7 Å². The van der Waals surface area contributed by atoms with Crippen LogP contribution in [0.15, 0.2) is 36.5 Å². The van der Waals surface area contributed by atoms with Gasteiger partial charge in [0.15, 0.2) is 0 Å². The first-order valence-electron chi connectivity index (χ1n) is 7.62. The Labute approximate surface area is 145 Å². The Morgan fingerprint density at radius 1 is 1.32 bits per heavy atom. The van der Waals surface area contributed by atoms with Gasteiger partial charge >= 0.3 is 5.97 Å². The summed E-state index contributed by atoms with van der Waals surface area (Å²) in [6.45, 7) is 2.18. The molecule has 0 saturated carbocycles. The van der Waals surface area contributed by atoms with Gasteiger partial charge in [0.1, 0.15) is 11.4 Å². The molecule has 0 fully saturated rings. The van der Waals surface area contributed by atoms with Gasteiger partial charge in [0.05, 0.1) is 24.4 Å². The van der Waals surface area contributed by atoms with Gasteiger partial charge in [0.2, 0.25) is 0 Å². The number of nitrogens with one attached hydrogen (secondary N) is 1. The smallest absolute Gasteiger partial charge is 0.339 e. The van der Waals surface area contributed by atoms with Crippen LogP contribution in [-0.2, 0) is 0 Å². The largest absolute Gasteiger partial charge is 0.478 e. The van der Waals surface area contributed by atoms with E-state index in [4.69, 9.17) is 5.26 Å². The van der Waals surface area contributed by atoms with E-state index in [-0.39, 0.29) is 23.7 Å². The summed E-state index contributed by atoms with van der Waals surface area (Å²) in [6.07, 6.45) is 1.66. The van der Waals surface area contributed by atoms with Gasteiger partial charge in [0, 0.05) is 19.2 Å². The van der Waals surface area contributed by atoms with Crippen molar-refractivity contribution < 1.29 is 14.7 Å². The Morgan fingerprint density at radius 3 is 2.68 bits per heavy atom. The van der Waals surface area contributed by atoms with Crippen molar-refractivity contribution in [1.82, 2.24) is 4.98 Å². The molecule has 2 rings (SSSR count). The predicted molar refractivity (Wildman–Crippen MR) is 93.8 cm³/mol. The predicted octanol–water partition coefficient (Wildman–Crippen LogP) is 2.69. The molecule has 0 spiro atoms. The van der Waals surface area contributed by atoms with Crippen molar-refractivity contribution in [2.45, 2.75) is 13.3 Å². The maximum absolute atomic E-state index is 12.3. The van der Waals surface area contributed by atoms with Gasteiger partial charge in [-0.15, -0.1) is 0 Å². The van der Waals surface area contributed by atoms with Crippen LogP contribution in [0.3, 0.4) is 0 Å². The Balaban J connectivity index is 2.27. The summed E-state index contributed by atoms with van der Waals surface area (Å²) < 4.78 is 0. The molecule has 0 atom stereocenters. The van der Waals surface area contributed by atoms with Crippen molar-refractivity contribution in [2.24, 2.45) is 0 Å². The van der Waals surface area contributed by atoms with Crippen molar-refractivity contribution in [2.75, 3.05) is 23.8 Å². The number of aromatic nitrogens is 1. The molecule has 0 bridgehead atoms. The molecule has 25 heavy (non-hydrogen) atoms. The zero-order chi connectivity index (χ0) is 18.4. The van der Waals surface area contributed by atoms with Crippen LogP contribution in [-0.4, -0.2) is 35.6 Å². The Bertz CT molecular complexity index is 842. The van der Waals surface area contributed by atoms with E-state index in [1.807, 2.05) is 25.1 Å². The SMILES string of the molecule is Cc1ccccc1C(=O)Nc1cnc(N(C)CCC#N)c(C(=O)O)c1. The summed E-state index contributed by atoms with van der Waals surface area (Å²) in [6, 6.07) is 10.5. The van der Waals surface area contributed by atoms with E-state index in [0.29, 0.717) is 17.8 Å². The van der Waals surface area contributed by atoms with E-state index in [2.05, 4.69) is 10.3 Å². The molecular weight excluding hydrogens is 320 g/mol. The number of pyridine rings is 1. The number of amides is 1. The van der Waals surface area contributed by atoms with Gasteiger partial charge in [-0.25, -0.2) is 9.78 Å². The molecule has 2 aromatic rings. The molecule has 1 aromatic carbocycles. The quantitative estimate of drug-likeness (QED) is 0.839. The van der Waals surface area contributed by atoms with Crippen molar-refractivity contribution in [3.63, 3.8) is 0 Å². The Morgan fingerprint density at radius 2 is 2.04 bits per heavy atom. The first-order valence-corrected chi connectivity index (χ1v) is 7.62. The third-order valence-corrected chi connectivity index (χ3v) is 3.67. The summed E-state index contributed by atoms with van der Waals surface area (Å²) >= 11 is 0. The summed E-state index contributed by atoms with van der Waals surface area (Å²) in [4.78, 5) is 29.6. The van der Waals surface area contributed by atoms with E-state index in [1.165, 1.54) is 12.3 Å². The zero-order valence-corrected chi connectivity index (χ0v) is 14.0. The van der Waals surface area contributed by atoms with Crippen LogP contribution < -0.4 is 10.2 Å². The molecule has 0 radical (unpaired) electrons. The standard InChI is InChI=1S/C18H18N4O3/c1-12-6-3-4-7-14(12)17(23)21-13-10-15(18(24)25)16(20-11-13)22(2)9-5-8-19/h3-4,6-7,10-11H,5,9H2,1-2H3,(H,21,23)(H,24,25). The zero-order valence-electron chi connectivity index (χ0n) is 14.0. The molecule has 128 valence electrons. The minimum Gasteiger partial charge on any atom is -0.478 e. The number of carboxylic acids is 1. The average molecular weight is 338 g/mol. The maximum Gasteiger partial charge on any atom is 0.339 e. The normalized spacial score (nSPS) is 9.96. The van der Waals surface area contributed by atoms with Crippen LogP contribution in [0, 0.1) is 18.3 Å². The summed E-state index contributed by atoms with van der Waals surface area (Å²) in [5.74, 6) is -1.24. The van der Waals surface area contributed by atoms with E-state index < -0.39 is 5.97 Å². The van der Waals surface area contributed by atoms with Crippen LogP contribution in [0.2, 0.25) is 0 Å². The third-order valence-electron chi connectivity index (χ3n) is 3.67. The number of carboxylic acid groups (broad SMARTS) is 1. The molecule has 0 aliphatic heterocycles. The van der Waals surface area contributed by atoms with Gasteiger partial charge in [-0.05, 0) is 24.6 Å². The highest BCUT2D eigenvalue weighted by molar-refractivity contribution is 6.06. The molecule has 0 saturated heterocycles. The molecular formula is C18H18N4O3. The monoisotopic (exact) mass is 338 g/mol. The first-order chi connectivity index (χ1) is 11.9. The average Bonchev–Trinajstić information content (AvgIpc) is 2.59. The minimum atomic E-state index is -1.15. The molecule has 2 N–H and O–H groups in total. The number of benzene rings is 1. The number of rotatable bonds is 6. The molecule has 0 unspecified atom stereocenters. The van der Waals surface area contributed by atoms with Crippen molar-refractivity contribution in [3.05, 3.63) is 53.2 Å². The van der Waals surface area contributed by atoms with Gasteiger partial charge in [-0.2, -0.15) is 5.26 Å². The lowest BCUT2D eigenvalue weighted by molar-refractivity contribution is 0.0697.